The van der Waals surface area contributed by atoms with Crippen LogP contribution >= 0.6 is 0 Å². The number of hydrogen-bond acceptors (Lipinski definition) is 4. The SMILES string of the molecule is O=C(Nc1ccon1)c1n[nH]c2ccccc12. The molecule has 0 aliphatic carbocycles. The Hall–Kier alpha value is -2.63. The molecule has 0 radical (unpaired) electrons. The highest BCUT2D eigenvalue weighted by Gasteiger charge is 2.14. The minimum atomic E-state index is -0.323. The van der Waals surface area contributed by atoms with E-state index in [0.717, 1.165) is 10.9 Å². The Bertz CT molecular complexity index is 657. The molecule has 1 amide bonds. The van der Waals surface area contributed by atoms with Gasteiger partial charge in [-0.1, -0.05) is 23.4 Å². The van der Waals surface area contributed by atoms with Crippen molar-refractivity contribution >= 4 is 22.6 Å². The van der Waals surface area contributed by atoms with Gasteiger partial charge >= 0.3 is 0 Å². The van der Waals surface area contributed by atoms with Crippen molar-refractivity contribution in [2.75, 3.05) is 5.32 Å². The van der Waals surface area contributed by atoms with Gasteiger partial charge in [-0.15, -0.1) is 0 Å². The molecule has 0 spiro atoms. The van der Waals surface area contributed by atoms with E-state index in [4.69, 9.17) is 0 Å². The average molecular weight is 228 g/mol. The van der Waals surface area contributed by atoms with E-state index in [9.17, 15) is 4.79 Å². The number of benzene rings is 1. The molecule has 84 valence electrons. The van der Waals surface area contributed by atoms with E-state index in [1.807, 2.05) is 24.3 Å². The standard InChI is InChI=1S/C11H8N4O2/c16-11(12-9-5-6-17-15-9)10-7-3-1-2-4-8(7)13-14-10/h1-6H,(H,13,14)(H,12,15,16). The number of anilines is 1. The fourth-order valence-corrected chi connectivity index (χ4v) is 1.59. The summed E-state index contributed by atoms with van der Waals surface area (Å²) in [6.07, 6.45) is 1.39. The molecule has 2 aromatic heterocycles. The predicted molar refractivity (Wildman–Crippen MR) is 60.5 cm³/mol. The van der Waals surface area contributed by atoms with Gasteiger partial charge in [-0.2, -0.15) is 5.10 Å². The Morgan fingerprint density at radius 2 is 2.18 bits per heavy atom. The van der Waals surface area contributed by atoms with Crippen molar-refractivity contribution in [1.82, 2.24) is 15.4 Å². The molecule has 0 bridgehead atoms. The Kier molecular flexibility index (Phi) is 2.11. The van der Waals surface area contributed by atoms with Gasteiger partial charge in [0.15, 0.2) is 11.5 Å². The number of hydrogen-bond donors (Lipinski definition) is 2. The van der Waals surface area contributed by atoms with Crippen LogP contribution in [0.5, 0.6) is 0 Å². The van der Waals surface area contributed by atoms with Crippen LogP contribution in [0.15, 0.2) is 41.1 Å². The maximum atomic E-state index is 11.9. The third-order valence-electron chi connectivity index (χ3n) is 2.36. The number of nitrogens with zero attached hydrogens (tertiary/aromatic N) is 2. The third kappa shape index (κ3) is 1.65. The van der Waals surface area contributed by atoms with Crippen LogP contribution in [0.25, 0.3) is 10.9 Å². The minimum absolute atomic E-state index is 0.323. The molecule has 0 saturated heterocycles. The molecule has 0 aliphatic rings. The van der Waals surface area contributed by atoms with Crippen LogP contribution in [0.1, 0.15) is 10.5 Å². The van der Waals surface area contributed by atoms with E-state index in [2.05, 4.69) is 25.2 Å². The second-order valence-electron chi connectivity index (χ2n) is 3.46. The van der Waals surface area contributed by atoms with Crippen molar-refractivity contribution in [3.63, 3.8) is 0 Å². The van der Waals surface area contributed by atoms with Gasteiger partial charge in [-0.25, -0.2) is 0 Å². The zero-order valence-corrected chi connectivity index (χ0v) is 8.68. The molecule has 3 aromatic rings. The number of carbonyl (C=O) groups excluding carboxylic acids is 1. The van der Waals surface area contributed by atoms with E-state index in [-0.39, 0.29) is 5.91 Å². The highest BCUT2D eigenvalue weighted by atomic mass is 16.5. The van der Waals surface area contributed by atoms with Crippen LogP contribution in [0, 0.1) is 0 Å². The number of nitrogens with one attached hydrogen (secondary N) is 2. The quantitative estimate of drug-likeness (QED) is 0.700. The first-order valence-corrected chi connectivity index (χ1v) is 4.99. The summed E-state index contributed by atoms with van der Waals surface area (Å²) in [6, 6.07) is 8.98. The summed E-state index contributed by atoms with van der Waals surface area (Å²) < 4.78 is 4.63. The normalized spacial score (nSPS) is 10.6. The molecule has 1 aromatic carbocycles. The molecule has 2 N–H and O–H groups in total. The Morgan fingerprint density at radius 1 is 1.29 bits per heavy atom. The monoisotopic (exact) mass is 228 g/mol. The van der Waals surface area contributed by atoms with Crippen molar-refractivity contribution in [3.8, 4) is 0 Å². The first kappa shape index (κ1) is 9.59. The lowest BCUT2D eigenvalue weighted by atomic mass is 10.2. The van der Waals surface area contributed by atoms with Crippen LogP contribution in [-0.4, -0.2) is 21.3 Å². The van der Waals surface area contributed by atoms with Crippen molar-refractivity contribution < 1.29 is 9.32 Å². The van der Waals surface area contributed by atoms with Crippen LogP contribution in [0.2, 0.25) is 0 Å². The van der Waals surface area contributed by atoms with Gasteiger partial charge < -0.3 is 9.84 Å². The average Bonchev–Trinajstić information content (AvgIpc) is 2.96. The Balaban J connectivity index is 1.96. The number of fused-ring (bicyclic) bond motifs is 1. The van der Waals surface area contributed by atoms with Gasteiger partial charge in [0.05, 0.1) is 5.52 Å². The molecule has 6 heteroatoms. The van der Waals surface area contributed by atoms with Crippen LogP contribution < -0.4 is 5.32 Å². The Labute approximate surface area is 95.6 Å². The third-order valence-corrected chi connectivity index (χ3v) is 2.36. The molecule has 0 saturated carbocycles. The van der Waals surface area contributed by atoms with Crippen molar-refractivity contribution in [2.45, 2.75) is 0 Å². The summed E-state index contributed by atoms with van der Waals surface area (Å²) in [4.78, 5) is 11.9. The Morgan fingerprint density at radius 3 is 3.00 bits per heavy atom. The molecule has 0 unspecified atom stereocenters. The first-order valence-electron chi connectivity index (χ1n) is 4.99. The number of para-hydroxylation sites is 1. The lowest BCUT2D eigenvalue weighted by Gasteiger charge is -1.97. The van der Waals surface area contributed by atoms with Gasteiger partial charge in [0.1, 0.15) is 6.26 Å². The van der Waals surface area contributed by atoms with E-state index in [1.54, 1.807) is 6.07 Å². The highest BCUT2D eigenvalue weighted by Crippen LogP contribution is 2.16. The number of aromatic nitrogens is 3. The van der Waals surface area contributed by atoms with Gasteiger partial charge in [0.25, 0.3) is 5.91 Å². The first-order chi connectivity index (χ1) is 8.34. The van der Waals surface area contributed by atoms with E-state index < -0.39 is 0 Å². The zero-order chi connectivity index (χ0) is 11.7. The number of aromatic amines is 1. The predicted octanol–water partition coefficient (Wildman–Crippen LogP) is 1.80. The molecule has 0 aliphatic heterocycles. The van der Waals surface area contributed by atoms with Crippen LogP contribution in [0.3, 0.4) is 0 Å². The topological polar surface area (TPSA) is 83.8 Å². The molecule has 3 rings (SSSR count). The number of amides is 1. The maximum absolute atomic E-state index is 11.9. The second-order valence-corrected chi connectivity index (χ2v) is 3.46. The number of H-pyrrole nitrogens is 1. The fraction of sp³-hybridized carbons (Fsp3) is 0. The van der Waals surface area contributed by atoms with Crippen molar-refractivity contribution in [2.24, 2.45) is 0 Å². The second kappa shape index (κ2) is 3.75. The summed E-state index contributed by atoms with van der Waals surface area (Å²) in [5.74, 6) is 0.0402. The smallest absolute Gasteiger partial charge is 0.278 e. The molecule has 0 fully saturated rings. The molecule has 0 atom stereocenters. The summed E-state index contributed by atoms with van der Waals surface area (Å²) in [7, 11) is 0. The van der Waals surface area contributed by atoms with Crippen LogP contribution in [0.4, 0.5) is 5.82 Å². The lowest BCUT2D eigenvalue weighted by molar-refractivity contribution is 0.102. The molecular formula is C11H8N4O2. The fourth-order valence-electron chi connectivity index (χ4n) is 1.59. The van der Waals surface area contributed by atoms with Gasteiger partial charge in [-0.05, 0) is 6.07 Å². The summed E-state index contributed by atoms with van der Waals surface area (Å²) in [5, 5.41) is 13.7. The summed E-state index contributed by atoms with van der Waals surface area (Å²) in [5.41, 5.74) is 1.15. The number of rotatable bonds is 2. The van der Waals surface area contributed by atoms with Gasteiger partial charge in [0, 0.05) is 11.5 Å². The lowest BCUT2D eigenvalue weighted by Crippen LogP contribution is -2.12. The van der Waals surface area contributed by atoms with Gasteiger partial charge in [0.2, 0.25) is 0 Å². The number of carbonyl (C=O) groups is 1. The van der Waals surface area contributed by atoms with Crippen molar-refractivity contribution in [3.05, 3.63) is 42.3 Å². The van der Waals surface area contributed by atoms with Crippen LogP contribution in [-0.2, 0) is 0 Å². The summed E-state index contributed by atoms with van der Waals surface area (Å²) in [6.45, 7) is 0. The molecular weight excluding hydrogens is 220 g/mol. The summed E-state index contributed by atoms with van der Waals surface area (Å²) >= 11 is 0. The van der Waals surface area contributed by atoms with E-state index >= 15 is 0 Å². The highest BCUT2D eigenvalue weighted by molar-refractivity contribution is 6.10. The molecule has 17 heavy (non-hydrogen) atoms. The van der Waals surface area contributed by atoms with E-state index in [1.165, 1.54) is 6.26 Å². The largest absolute Gasteiger partial charge is 0.363 e. The van der Waals surface area contributed by atoms with E-state index in [0.29, 0.717) is 11.5 Å². The zero-order valence-electron chi connectivity index (χ0n) is 8.68. The van der Waals surface area contributed by atoms with Crippen molar-refractivity contribution in [1.29, 1.82) is 0 Å². The molecule has 6 nitrogen and oxygen atoms in total. The minimum Gasteiger partial charge on any atom is -0.363 e. The maximum Gasteiger partial charge on any atom is 0.278 e. The van der Waals surface area contributed by atoms with Gasteiger partial charge in [-0.3, -0.25) is 9.89 Å². The molecule has 2 heterocycles.